The minimum Gasteiger partial charge on any atom is -0.492 e. The highest BCUT2D eigenvalue weighted by Gasteiger charge is 2.23. The Bertz CT molecular complexity index is 725. The lowest BCUT2D eigenvalue weighted by Gasteiger charge is -2.29. The first-order chi connectivity index (χ1) is 11.5. The molecule has 24 heavy (non-hydrogen) atoms. The van der Waals surface area contributed by atoms with Crippen molar-refractivity contribution in [2.45, 2.75) is 32.6 Å². The number of carbonyl (C=O) groups excluding carboxylic acids is 1. The molecule has 0 atom stereocenters. The van der Waals surface area contributed by atoms with Gasteiger partial charge in [0.05, 0.1) is 6.54 Å². The van der Waals surface area contributed by atoms with Gasteiger partial charge in [-0.1, -0.05) is 41.9 Å². The lowest BCUT2D eigenvalue weighted by Crippen LogP contribution is -2.38. The molecular weight excluding hydrogens is 366 g/mol. The standard InChI is InChI=1S/C20H22BrNO2/c1-14(2)15-3-7-18(8-4-15)24-12-11-22-19-9-6-17(21)13-16(19)5-10-20(22)23/h3-4,6-9,13-14H,5,10-12H2,1-2H3. The summed E-state index contributed by atoms with van der Waals surface area (Å²) in [5.74, 6) is 1.53. The number of rotatable bonds is 5. The molecule has 0 bridgehead atoms. The Balaban J connectivity index is 1.63. The lowest BCUT2D eigenvalue weighted by atomic mass is 10.0. The Morgan fingerprint density at radius 2 is 1.88 bits per heavy atom. The first-order valence-corrected chi connectivity index (χ1v) is 9.15. The third kappa shape index (κ3) is 3.81. The van der Waals surface area contributed by atoms with E-state index in [1.807, 2.05) is 29.2 Å². The zero-order valence-corrected chi connectivity index (χ0v) is 15.7. The fraction of sp³-hybridized carbons (Fsp3) is 0.350. The molecule has 0 aliphatic carbocycles. The summed E-state index contributed by atoms with van der Waals surface area (Å²) < 4.78 is 6.88. The molecule has 3 nitrogen and oxygen atoms in total. The van der Waals surface area contributed by atoms with Crippen molar-refractivity contribution in [3.05, 3.63) is 58.1 Å². The van der Waals surface area contributed by atoms with Gasteiger partial charge in [0.1, 0.15) is 12.4 Å². The smallest absolute Gasteiger partial charge is 0.227 e. The molecule has 126 valence electrons. The predicted molar refractivity (Wildman–Crippen MR) is 101 cm³/mol. The molecule has 0 spiro atoms. The Kier molecular flexibility index (Phi) is 5.24. The van der Waals surface area contributed by atoms with Crippen molar-refractivity contribution in [3.8, 4) is 5.75 Å². The fourth-order valence-corrected chi connectivity index (χ4v) is 3.39. The molecule has 1 heterocycles. The zero-order valence-electron chi connectivity index (χ0n) is 14.1. The van der Waals surface area contributed by atoms with Crippen molar-refractivity contribution in [2.75, 3.05) is 18.1 Å². The van der Waals surface area contributed by atoms with Crippen molar-refractivity contribution < 1.29 is 9.53 Å². The number of benzene rings is 2. The van der Waals surface area contributed by atoms with E-state index in [0.29, 0.717) is 25.5 Å². The third-order valence-corrected chi connectivity index (χ3v) is 4.87. The number of nitrogens with zero attached hydrogens (tertiary/aromatic N) is 1. The maximum absolute atomic E-state index is 12.3. The number of aryl methyl sites for hydroxylation is 1. The Morgan fingerprint density at radius 3 is 2.58 bits per heavy atom. The third-order valence-electron chi connectivity index (χ3n) is 4.37. The summed E-state index contributed by atoms with van der Waals surface area (Å²) in [7, 11) is 0. The van der Waals surface area contributed by atoms with Gasteiger partial charge >= 0.3 is 0 Å². The van der Waals surface area contributed by atoms with E-state index in [9.17, 15) is 4.79 Å². The molecule has 0 radical (unpaired) electrons. The van der Waals surface area contributed by atoms with E-state index in [0.717, 1.165) is 22.3 Å². The molecule has 1 aliphatic rings. The highest BCUT2D eigenvalue weighted by Crippen LogP contribution is 2.30. The Morgan fingerprint density at radius 1 is 1.12 bits per heavy atom. The molecule has 0 unspecified atom stereocenters. The van der Waals surface area contributed by atoms with Crippen molar-refractivity contribution in [2.24, 2.45) is 0 Å². The van der Waals surface area contributed by atoms with Crippen LogP contribution in [0, 0.1) is 0 Å². The van der Waals surface area contributed by atoms with Crippen molar-refractivity contribution >= 4 is 27.5 Å². The molecule has 2 aromatic rings. The van der Waals surface area contributed by atoms with Crippen LogP contribution in [0.1, 0.15) is 37.3 Å². The molecule has 4 heteroatoms. The van der Waals surface area contributed by atoms with Crippen molar-refractivity contribution in [1.82, 2.24) is 0 Å². The second kappa shape index (κ2) is 7.39. The van der Waals surface area contributed by atoms with E-state index in [4.69, 9.17) is 4.74 Å². The van der Waals surface area contributed by atoms with Gasteiger partial charge in [-0.3, -0.25) is 4.79 Å². The van der Waals surface area contributed by atoms with Crippen LogP contribution in [0.5, 0.6) is 5.75 Å². The SMILES string of the molecule is CC(C)c1ccc(OCCN2C(=O)CCc3cc(Br)ccc32)cc1. The maximum atomic E-state index is 12.3. The summed E-state index contributed by atoms with van der Waals surface area (Å²) in [6.45, 7) is 5.41. The molecule has 3 rings (SSSR count). The van der Waals surface area contributed by atoms with Crippen LogP contribution in [0.15, 0.2) is 46.9 Å². The molecule has 1 amide bonds. The van der Waals surface area contributed by atoms with Crippen LogP contribution >= 0.6 is 15.9 Å². The van der Waals surface area contributed by atoms with Crippen molar-refractivity contribution in [1.29, 1.82) is 0 Å². The average molecular weight is 388 g/mol. The Hall–Kier alpha value is -1.81. The minimum atomic E-state index is 0.170. The topological polar surface area (TPSA) is 29.5 Å². The van der Waals surface area contributed by atoms with Crippen LogP contribution in [0.25, 0.3) is 0 Å². The fourth-order valence-electron chi connectivity index (χ4n) is 2.98. The highest BCUT2D eigenvalue weighted by molar-refractivity contribution is 9.10. The molecule has 1 aliphatic heterocycles. The van der Waals surface area contributed by atoms with Gasteiger partial charge in [0, 0.05) is 16.6 Å². The van der Waals surface area contributed by atoms with E-state index < -0.39 is 0 Å². The van der Waals surface area contributed by atoms with Crippen LogP contribution in [0.4, 0.5) is 5.69 Å². The van der Waals surface area contributed by atoms with Gasteiger partial charge < -0.3 is 9.64 Å². The van der Waals surface area contributed by atoms with Gasteiger partial charge in [-0.15, -0.1) is 0 Å². The highest BCUT2D eigenvalue weighted by atomic mass is 79.9. The second-order valence-corrected chi connectivity index (χ2v) is 7.31. The number of halogens is 1. The molecular formula is C20H22BrNO2. The molecule has 0 N–H and O–H groups in total. The normalized spacial score (nSPS) is 14.0. The van der Waals surface area contributed by atoms with Gasteiger partial charge in [-0.25, -0.2) is 0 Å². The van der Waals surface area contributed by atoms with Crippen LogP contribution in [0.2, 0.25) is 0 Å². The summed E-state index contributed by atoms with van der Waals surface area (Å²) >= 11 is 3.50. The molecule has 2 aromatic carbocycles. The van der Waals surface area contributed by atoms with E-state index in [2.05, 4.69) is 48.0 Å². The van der Waals surface area contributed by atoms with Gasteiger partial charge in [0.15, 0.2) is 0 Å². The summed E-state index contributed by atoms with van der Waals surface area (Å²) in [6, 6.07) is 14.3. The van der Waals surface area contributed by atoms with Gasteiger partial charge in [0.25, 0.3) is 0 Å². The second-order valence-electron chi connectivity index (χ2n) is 6.39. The molecule has 0 aromatic heterocycles. The predicted octanol–water partition coefficient (Wildman–Crippen LogP) is 4.93. The number of hydrogen-bond donors (Lipinski definition) is 0. The number of amides is 1. The maximum Gasteiger partial charge on any atom is 0.227 e. The first-order valence-electron chi connectivity index (χ1n) is 8.36. The van der Waals surface area contributed by atoms with E-state index in [1.54, 1.807) is 0 Å². The summed E-state index contributed by atoms with van der Waals surface area (Å²) in [5.41, 5.74) is 3.52. The van der Waals surface area contributed by atoms with E-state index >= 15 is 0 Å². The number of carbonyl (C=O) groups is 1. The van der Waals surface area contributed by atoms with Gasteiger partial charge in [0.2, 0.25) is 5.91 Å². The van der Waals surface area contributed by atoms with Gasteiger partial charge in [-0.2, -0.15) is 0 Å². The summed E-state index contributed by atoms with van der Waals surface area (Å²) in [4.78, 5) is 14.1. The first kappa shape index (κ1) is 17.0. The molecule has 0 saturated heterocycles. The van der Waals surface area contributed by atoms with Crippen LogP contribution in [0.3, 0.4) is 0 Å². The number of ether oxygens (including phenoxy) is 1. The summed E-state index contributed by atoms with van der Waals surface area (Å²) in [5, 5.41) is 0. The zero-order chi connectivity index (χ0) is 17.1. The summed E-state index contributed by atoms with van der Waals surface area (Å²) in [6.07, 6.45) is 1.37. The Labute approximate surface area is 151 Å². The minimum absolute atomic E-state index is 0.170. The average Bonchev–Trinajstić information content (AvgIpc) is 2.57. The molecule has 0 fully saturated rings. The van der Waals surface area contributed by atoms with E-state index in [-0.39, 0.29) is 5.91 Å². The largest absolute Gasteiger partial charge is 0.492 e. The number of hydrogen-bond acceptors (Lipinski definition) is 2. The van der Waals surface area contributed by atoms with Crippen LogP contribution in [-0.4, -0.2) is 19.1 Å². The molecule has 0 saturated carbocycles. The monoisotopic (exact) mass is 387 g/mol. The van der Waals surface area contributed by atoms with E-state index in [1.165, 1.54) is 11.1 Å². The van der Waals surface area contributed by atoms with Crippen molar-refractivity contribution in [3.63, 3.8) is 0 Å². The quantitative estimate of drug-likeness (QED) is 0.727. The van der Waals surface area contributed by atoms with Crippen LogP contribution in [-0.2, 0) is 11.2 Å². The lowest BCUT2D eigenvalue weighted by molar-refractivity contribution is -0.119. The van der Waals surface area contributed by atoms with Crippen LogP contribution < -0.4 is 9.64 Å². The number of anilines is 1. The number of fused-ring (bicyclic) bond motifs is 1. The van der Waals surface area contributed by atoms with Gasteiger partial charge in [-0.05, 0) is 53.8 Å².